The standard InChI is InChI=1S/C14H16FN5O/c1-10-5-11(15)7-12(6-10)17-13(8-16)14-9-20(19-18-14)3-2-4-21/h5-7,9,13,17,21H,2-4H2,1H3. The molecule has 0 aliphatic heterocycles. The lowest BCUT2D eigenvalue weighted by Crippen LogP contribution is -2.09. The zero-order valence-electron chi connectivity index (χ0n) is 11.6. The fourth-order valence-electron chi connectivity index (χ4n) is 1.95. The van der Waals surface area contributed by atoms with E-state index in [4.69, 9.17) is 5.11 Å². The smallest absolute Gasteiger partial charge is 0.160 e. The van der Waals surface area contributed by atoms with Crippen molar-refractivity contribution < 1.29 is 9.50 Å². The van der Waals surface area contributed by atoms with Gasteiger partial charge in [0.1, 0.15) is 11.5 Å². The summed E-state index contributed by atoms with van der Waals surface area (Å²) in [5.74, 6) is -0.360. The molecule has 0 radical (unpaired) electrons. The van der Waals surface area contributed by atoms with Crippen LogP contribution in [0.4, 0.5) is 10.1 Å². The van der Waals surface area contributed by atoms with Gasteiger partial charge in [-0.3, -0.25) is 4.68 Å². The number of rotatable bonds is 6. The Balaban J connectivity index is 2.12. The number of benzene rings is 1. The SMILES string of the molecule is Cc1cc(F)cc(NC(C#N)c2cn(CCCO)nn2)c1. The van der Waals surface area contributed by atoms with Crippen LogP contribution >= 0.6 is 0 Å². The molecule has 0 fully saturated rings. The van der Waals surface area contributed by atoms with Gasteiger partial charge >= 0.3 is 0 Å². The van der Waals surface area contributed by atoms with Gasteiger partial charge in [0.15, 0.2) is 6.04 Å². The van der Waals surface area contributed by atoms with Gasteiger partial charge in [-0.2, -0.15) is 5.26 Å². The molecular weight excluding hydrogens is 273 g/mol. The number of anilines is 1. The van der Waals surface area contributed by atoms with Gasteiger partial charge in [-0.25, -0.2) is 4.39 Å². The van der Waals surface area contributed by atoms with Crippen LogP contribution in [0.3, 0.4) is 0 Å². The number of nitrogens with one attached hydrogen (secondary N) is 1. The van der Waals surface area contributed by atoms with E-state index in [-0.39, 0.29) is 12.4 Å². The van der Waals surface area contributed by atoms with Gasteiger partial charge in [-0.05, 0) is 37.1 Å². The van der Waals surface area contributed by atoms with Crippen molar-refractivity contribution in [2.24, 2.45) is 0 Å². The van der Waals surface area contributed by atoms with Crippen LogP contribution in [0, 0.1) is 24.1 Å². The molecule has 1 atom stereocenters. The van der Waals surface area contributed by atoms with Crippen molar-refractivity contribution in [2.75, 3.05) is 11.9 Å². The minimum Gasteiger partial charge on any atom is -0.396 e. The highest BCUT2D eigenvalue weighted by molar-refractivity contribution is 5.48. The van der Waals surface area contributed by atoms with Crippen LogP contribution in [0.5, 0.6) is 0 Å². The number of aromatic nitrogens is 3. The number of hydrogen-bond donors (Lipinski definition) is 2. The van der Waals surface area contributed by atoms with Gasteiger partial charge in [0.25, 0.3) is 0 Å². The van der Waals surface area contributed by atoms with Crippen LogP contribution in [-0.2, 0) is 6.54 Å². The molecule has 1 aromatic carbocycles. The Morgan fingerprint density at radius 3 is 2.95 bits per heavy atom. The highest BCUT2D eigenvalue weighted by Gasteiger charge is 2.15. The molecule has 0 bridgehead atoms. The molecule has 0 saturated heterocycles. The number of nitriles is 1. The summed E-state index contributed by atoms with van der Waals surface area (Å²) in [5, 5.41) is 28.8. The van der Waals surface area contributed by atoms with E-state index in [0.29, 0.717) is 24.3 Å². The van der Waals surface area contributed by atoms with Crippen molar-refractivity contribution in [2.45, 2.75) is 25.9 Å². The Bertz CT molecular complexity index is 629. The maximum absolute atomic E-state index is 13.3. The van der Waals surface area contributed by atoms with E-state index in [1.807, 2.05) is 0 Å². The predicted octanol–water partition coefficient (Wildman–Crippen LogP) is 1.78. The second-order valence-corrected chi connectivity index (χ2v) is 4.71. The summed E-state index contributed by atoms with van der Waals surface area (Å²) < 4.78 is 14.9. The Kier molecular flexibility index (Phi) is 4.85. The number of aryl methyl sites for hydroxylation is 2. The van der Waals surface area contributed by atoms with E-state index in [9.17, 15) is 9.65 Å². The molecule has 6 nitrogen and oxygen atoms in total. The lowest BCUT2D eigenvalue weighted by Gasteiger charge is -2.11. The second kappa shape index (κ2) is 6.81. The first-order chi connectivity index (χ1) is 10.1. The first kappa shape index (κ1) is 14.9. The predicted molar refractivity (Wildman–Crippen MR) is 74.8 cm³/mol. The Morgan fingerprint density at radius 1 is 1.48 bits per heavy atom. The molecule has 2 N–H and O–H groups in total. The third-order valence-electron chi connectivity index (χ3n) is 2.88. The largest absolute Gasteiger partial charge is 0.396 e. The molecule has 0 amide bonds. The molecule has 0 aliphatic rings. The Hall–Kier alpha value is -2.46. The van der Waals surface area contributed by atoms with Gasteiger partial charge in [-0.1, -0.05) is 5.21 Å². The van der Waals surface area contributed by atoms with Gasteiger partial charge in [0, 0.05) is 18.8 Å². The summed E-state index contributed by atoms with van der Waals surface area (Å²) in [4.78, 5) is 0. The lowest BCUT2D eigenvalue weighted by molar-refractivity contribution is 0.276. The van der Waals surface area contributed by atoms with E-state index >= 15 is 0 Å². The summed E-state index contributed by atoms with van der Waals surface area (Å²) in [6.07, 6.45) is 2.21. The molecule has 1 unspecified atom stereocenters. The molecule has 0 spiro atoms. The molecule has 1 heterocycles. The average molecular weight is 289 g/mol. The second-order valence-electron chi connectivity index (χ2n) is 4.71. The maximum atomic E-state index is 13.3. The summed E-state index contributed by atoms with van der Waals surface area (Å²) in [7, 11) is 0. The minimum atomic E-state index is -0.714. The van der Waals surface area contributed by atoms with Crippen LogP contribution in [-0.4, -0.2) is 26.7 Å². The number of hydrogen-bond acceptors (Lipinski definition) is 5. The molecule has 110 valence electrons. The van der Waals surface area contributed by atoms with Crippen molar-refractivity contribution in [3.05, 3.63) is 41.5 Å². The van der Waals surface area contributed by atoms with Gasteiger partial charge < -0.3 is 10.4 Å². The van der Waals surface area contributed by atoms with Crippen molar-refractivity contribution in [1.82, 2.24) is 15.0 Å². The maximum Gasteiger partial charge on any atom is 0.160 e. The third-order valence-corrected chi connectivity index (χ3v) is 2.88. The monoisotopic (exact) mass is 289 g/mol. The molecule has 0 saturated carbocycles. The third kappa shape index (κ3) is 4.00. The van der Waals surface area contributed by atoms with E-state index in [2.05, 4.69) is 21.7 Å². The van der Waals surface area contributed by atoms with E-state index in [1.54, 1.807) is 23.9 Å². The average Bonchev–Trinajstić information content (AvgIpc) is 2.90. The summed E-state index contributed by atoms with van der Waals surface area (Å²) in [6, 6.07) is 5.86. The van der Waals surface area contributed by atoms with Crippen LogP contribution < -0.4 is 5.32 Å². The number of aliphatic hydroxyl groups is 1. The van der Waals surface area contributed by atoms with Crippen molar-refractivity contribution in [3.8, 4) is 6.07 Å². The first-order valence-electron chi connectivity index (χ1n) is 6.56. The van der Waals surface area contributed by atoms with E-state index in [1.165, 1.54) is 12.1 Å². The summed E-state index contributed by atoms with van der Waals surface area (Å²) in [6.45, 7) is 2.37. The van der Waals surface area contributed by atoms with Crippen LogP contribution in [0.2, 0.25) is 0 Å². The molecule has 7 heteroatoms. The van der Waals surface area contributed by atoms with Gasteiger partial charge in [0.05, 0.1) is 12.3 Å². The highest BCUT2D eigenvalue weighted by Crippen LogP contribution is 2.19. The molecule has 21 heavy (non-hydrogen) atoms. The van der Waals surface area contributed by atoms with E-state index in [0.717, 1.165) is 5.56 Å². The number of halogens is 1. The fourth-order valence-corrected chi connectivity index (χ4v) is 1.95. The van der Waals surface area contributed by atoms with Crippen LogP contribution in [0.25, 0.3) is 0 Å². The highest BCUT2D eigenvalue weighted by atomic mass is 19.1. The van der Waals surface area contributed by atoms with E-state index < -0.39 is 6.04 Å². The first-order valence-corrected chi connectivity index (χ1v) is 6.56. The molecule has 0 aliphatic carbocycles. The Morgan fingerprint density at radius 2 is 2.29 bits per heavy atom. The Labute approximate surface area is 121 Å². The zero-order valence-corrected chi connectivity index (χ0v) is 11.6. The van der Waals surface area contributed by atoms with Crippen molar-refractivity contribution in [1.29, 1.82) is 5.26 Å². The summed E-state index contributed by atoms with van der Waals surface area (Å²) in [5.41, 5.74) is 1.74. The molecular formula is C14H16FN5O. The van der Waals surface area contributed by atoms with Crippen molar-refractivity contribution >= 4 is 5.69 Å². The van der Waals surface area contributed by atoms with Crippen LogP contribution in [0.1, 0.15) is 23.7 Å². The van der Waals surface area contributed by atoms with Crippen molar-refractivity contribution in [3.63, 3.8) is 0 Å². The normalized spacial score (nSPS) is 11.9. The van der Waals surface area contributed by atoms with Gasteiger partial charge in [-0.15, -0.1) is 5.10 Å². The fraction of sp³-hybridized carbons (Fsp3) is 0.357. The zero-order chi connectivity index (χ0) is 15.2. The topological polar surface area (TPSA) is 86.8 Å². The lowest BCUT2D eigenvalue weighted by atomic mass is 10.2. The number of nitrogens with zero attached hydrogens (tertiary/aromatic N) is 4. The molecule has 2 rings (SSSR count). The minimum absolute atomic E-state index is 0.0672. The number of aliphatic hydroxyl groups excluding tert-OH is 1. The quantitative estimate of drug-likeness (QED) is 0.846. The van der Waals surface area contributed by atoms with Crippen LogP contribution in [0.15, 0.2) is 24.4 Å². The summed E-state index contributed by atoms with van der Waals surface area (Å²) >= 11 is 0. The molecule has 1 aromatic heterocycles. The molecule has 2 aromatic rings. The van der Waals surface area contributed by atoms with Gasteiger partial charge in [0.2, 0.25) is 0 Å².